The first kappa shape index (κ1) is 18.3. The third kappa shape index (κ3) is 2.63. The summed E-state index contributed by atoms with van der Waals surface area (Å²) in [6, 6.07) is 11.1. The molecule has 2 aliphatic rings. The van der Waals surface area contributed by atoms with Gasteiger partial charge in [0.25, 0.3) is 11.5 Å². The van der Waals surface area contributed by atoms with Gasteiger partial charge in [-0.3, -0.25) is 4.79 Å². The number of nitrogens with one attached hydrogen (secondary N) is 2. The zero-order valence-electron chi connectivity index (χ0n) is 14.3. The molecule has 142 valence electrons. The summed E-state index contributed by atoms with van der Waals surface area (Å²) in [7, 11) is 1.15. The summed E-state index contributed by atoms with van der Waals surface area (Å²) in [5, 5.41) is 6.17. The van der Waals surface area contributed by atoms with Crippen LogP contribution in [-0.4, -0.2) is 25.0 Å². The van der Waals surface area contributed by atoms with Crippen LogP contribution in [0.25, 0.3) is 0 Å². The molecule has 2 aliphatic heterocycles. The van der Waals surface area contributed by atoms with E-state index in [0.717, 1.165) is 7.11 Å². The maximum Gasteiger partial charge on any atom is 0.357 e. The highest BCUT2D eigenvalue weighted by atomic mass is 35.5. The molecule has 2 aromatic rings. The minimum atomic E-state index is -1.99. The van der Waals surface area contributed by atoms with Gasteiger partial charge >= 0.3 is 11.9 Å². The fourth-order valence-electron chi connectivity index (χ4n) is 3.29. The zero-order chi connectivity index (χ0) is 20.1. The van der Waals surface area contributed by atoms with Gasteiger partial charge in [-0.15, -0.1) is 0 Å². The number of anilines is 2. The standard InChI is InChI=1S/C19H12Cl2N2O5/c1-27-16(24)14-15(22-11-4-2-3-9(20)7-11)17(25)28-19(14)12-8-10(21)5-6-13(12)23-18(19)26/h2-8,22H,1H3,(H,23,26). The van der Waals surface area contributed by atoms with E-state index in [1.165, 1.54) is 6.07 Å². The van der Waals surface area contributed by atoms with E-state index >= 15 is 0 Å². The Bertz CT molecular complexity index is 1080. The Labute approximate surface area is 169 Å². The number of halogens is 2. The number of fused-ring (bicyclic) bond motifs is 2. The lowest BCUT2D eigenvalue weighted by atomic mass is 9.87. The van der Waals surface area contributed by atoms with Crippen LogP contribution in [0, 0.1) is 0 Å². The first-order valence-corrected chi connectivity index (χ1v) is 8.83. The van der Waals surface area contributed by atoms with Gasteiger partial charge in [0, 0.05) is 27.0 Å². The molecule has 9 heteroatoms. The van der Waals surface area contributed by atoms with E-state index < -0.39 is 23.4 Å². The Morgan fingerprint density at radius 2 is 1.89 bits per heavy atom. The predicted octanol–water partition coefficient (Wildman–Crippen LogP) is 3.24. The number of rotatable bonds is 3. The van der Waals surface area contributed by atoms with E-state index in [-0.39, 0.29) is 16.8 Å². The van der Waals surface area contributed by atoms with Crippen molar-refractivity contribution in [2.45, 2.75) is 5.60 Å². The lowest BCUT2D eigenvalue weighted by Crippen LogP contribution is -2.39. The molecule has 0 saturated carbocycles. The van der Waals surface area contributed by atoms with Gasteiger partial charge in [0.2, 0.25) is 0 Å². The smallest absolute Gasteiger partial charge is 0.357 e. The fraction of sp³-hybridized carbons (Fsp3) is 0.105. The maximum absolute atomic E-state index is 12.9. The Morgan fingerprint density at radius 3 is 2.61 bits per heavy atom. The number of carbonyl (C=O) groups excluding carboxylic acids is 3. The predicted molar refractivity (Wildman–Crippen MR) is 102 cm³/mol. The SMILES string of the molecule is COC(=O)C1=C(Nc2cccc(Cl)c2)C(=O)OC12C(=O)Nc1ccc(Cl)cc12. The number of ether oxygens (including phenoxy) is 2. The number of esters is 2. The zero-order valence-corrected chi connectivity index (χ0v) is 15.9. The number of amides is 1. The Hall–Kier alpha value is -3.03. The first-order valence-electron chi connectivity index (χ1n) is 8.07. The number of methoxy groups -OCH3 is 1. The summed E-state index contributed by atoms with van der Waals surface area (Å²) in [4.78, 5) is 38.2. The van der Waals surface area contributed by atoms with Gasteiger partial charge < -0.3 is 20.1 Å². The molecule has 0 saturated heterocycles. The van der Waals surface area contributed by atoms with Gasteiger partial charge in [0.1, 0.15) is 11.3 Å². The van der Waals surface area contributed by atoms with Gasteiger partial charge in [-0.1, -0.05) is 29.3 Å². The second kappa shape index (κ2) is 6.54. The largest absolute Gasteiger partial charge is 0.465 e. The van der Waals surface area contributed by atoms with Gasteiger partial charge in [0.05, 0.1) is 7.11 Å². The Morgan fingerprint density at radius 1 is 1.14 bits per heavy atom. The summed E-state index contributed by atoms with van der Waals surface area (Å²) in [5.41, 5.74) is -1.40. The quantitative estimate of drug-likeness (QED) is 0.743. The molecular weight excluding hydrogens is 407 g/mol. The summed E-state index contributed by atoms with van der Waals surface area (Å²) >= 11 is 12.1. The minimum absolute atomic E-state index is 0.211. The van der Waals surface area contributed by atoms with Crippen molar-refractivity contribution in [3.05, 3.63) is 69.3 Å². The fourth-order valence-corrected chi connectivity index (χ4v) is 3.65. The van der Waals surface area contributed by atoms with Crippen LogP contribution in [0.4, 0.5) is 11.4 Å². The number of benzene rings is 2. The molecule has 2 N–H and O–H groups in total. The van der Waals surface area contributed by atoms with Crippen molar-refractivity contribution >= 4 is 52.4 Å². The Kier molecular flexibility index (Phi) is 4.28. The summed E-state index contributed by atoms with van der Waals surface area (Å²) in [6.45, 7) is 0. The van der Waals surface area contributed by atoms with E-state index in [1.54, 1.807) is 36.4 Å². The highest BCUT2D eigenvalue weighted by molar-refractivity contribution is 6.31. The van der Waals surface area contributed by atoms with Crippen molar-refractivity contribution in [1.29, 1.82) is 0 Å². The third-order valence-electron chi connectivity index (χ3n) is 4.46. The van der Waals surface area contributed by atoms with Crippen molar-refractivity contribution in [2.24, 2.45) is 0 Å². The highest BCUT2D eigenvalue weighted by Crippen LogP contribution is 2.50. The van der Waals surface area contributed by atoms with Crippen LogP contribution < -0.4 is 10.6 Å². The van der Waals surface area contributed by atoms with Crippen LogP contribution in [0.1, 0.15) is 5.56 Å². The van der Waals surface area contributed by atoms with Crippen molar-refractivity contribution < 1.29 is 23.9 Å². The van der Waals surface area contributed by atoms with Crippen molar-refractivity contribution in [1.82, 2.24) is 0 Å². The molecule has 1 atom stereocenters. The van der Waals surface area contributed by atoms with E-state index in [4.69, 9.17) is 32.7 Å². The van der Waals surface area contributed by atoms with Crippen molar-refractivity contribution in [3.8, 4) is 0 Å². The van der Waals surface area contributed by atoms with Crippen LogP contribution in [-0.2, 0) is 29.5 Å². The molecule has 0 bridgehead atoms. The molecule has 1 spiro atoms. The normalized spacial score (nSPS) is 20.1. The average molecular weight is 419 g/mol. The van der Waals surface area contributed by atoms with Crippen LogP contribution in [0.15, 0.2) is 53.7 Å². The van der Waals surface area contributed by atoms with Crippen molar-refractivity contribution in [2.75, 3.05) is 17.7 Å². The molecule has 0 aromatic heterocycles. The topological polar surface area (TPSA) is 93.7 Å². The molecule has 2 aromatic carbocycles. The molecule has 0 aliphatic carbocycles. The third-order valence-corrected chi connectivity index (χ3v) is 4.93. The number of hydrogen-bond donors (Lipinski definition) is 2. The monoisotopic (exact) mass is 418 g/mol. The van der Waals surface area contributed by atoms with Gasteiger partial charge in [0.15, 0.2) is 0 Å². The first-order chi connectivity index (χ1) is 13.4. The second-order valence-electron chi connectivity index (χ2n) is 6.09. The molecule has 1 amide bonds. The van der Waals surface area contributed by atoms with E-state index in [0.29, 0.717) is 21.4 Å². The van der Waals surface area contributed by atoms with E-state index in [2.05, 4.69) is 10.6 Å². The lowest BCUT2D eigenvalue weighted by Gasteiger charge is -2.22. The van der Waals surface area contributed by atoms with Gasteiger partial charge in [-0.25, -0.2) is 9.59 Å². The molecule has 7 nitrogen and oxygen atoms in total. The van der Waals surface area contributed by atoms with E-state index in [9.17, 15) is 14.4 Å². The molecule has 0 radical (unpaired) electrons. The van der Waals surface area contributed by atoms with Crippen LogP contribution in [0.5, 0.6) is 0 Å². The summed E-state index contributed by atoms with van der Waals surface area (Å²) in [6.07, 6.45) is 0. The molecule has 28 heavy (non-hydrogen) atoms. The van der Waals surface area contributed by atoms with Crippen LogP contribution in [0.3, 0.4) is 0 Å². The molecule has 2 heterocycles. The average Bonchev–Trinajstić information content (AvgIpc) is 3.09. The number of carbonyl (C=O) groups is 3. The molecule has 4 rings (SSSR count). The highest BCUT2D eigenvalue weighted by Gasteiger charge is 2.62. The Balaban J connectivity index is 1.93. The minimum Gasteiger partial charge on any atom is -0.465 e. The summed E-state index contributed by atoms with van der Waals surface area (Å²) < 4.78 is 10.3. The lowest BCUT2D eigenvalue weighted by molar-refractivity contribution is -0.156. The van der Waals surface area contributed by atoms with Gasteiger partial charge in [-0.2, -0.15) is 0 Å². The van der Waals surface area contributed by atoms with Gasteiger partial charge in [-0.05, 0) is 36.4 Å². The van der Waals surface area contributed by atoms with Crippen molar-refractivity contribution in [3.63, 3.8) is 0 Å². The van der Waals surface area contributed by atoms with E-state index in [1.807, 2.05) is 0 Å². The molecule has 0 fully saturated rings. The molecule has 1 unspecified atom stereocenters. The molecular formula is C19H12Cl2N2O5. The second-order valence-corrected chi connectivity index (χ2v) is 6.96. The maximum atomic E-state index is 12.9. The van der Waals surface area contributed by atoms with Crippen LogP contribution in [0.2, 0.25) is 10.0 Å². The number of hydrogen-bond acceptors (Lipinski definition) is 6. The van der Waals surface area contributed by atoms with Crippen LogP contribution >= 0.6 is 23.2 Å². The summed E-state index contributed by atoms with van der Waals surface area (Å²) in [5.74, 6) is -2.47.